The van der Waals surface area contributed by atoms with Gasteiger partial charge in [-0.25, -0.2) is 16.9 Å². The van der Waals surface area contributed by atoms with Crippen molar-refractivity contribution in [1.29, 1.82) is 0 Å². The largest absolute Gasteiger partial charge is 0.493 e. The minimum atomic E-state index is -3.72. The Bertz CT molecular complexity index is 1500. The second kappa shape index (κ2) is 12.5. The van der Waals surface area contributed by atoms with Gasteiger partial charge in [-0.3, -0.25) is 9.35 Å². The first-order valence-electron chi connectivity index (χ1n) is 12.3. The van der Waals surface area contributed by atoms with Crippen LogP contribution in [0.2, 0.25) is 4.34 Å². The lowest BCUT2D eigenvalue weighted by Gasteiger charge is -2.37. The number of halogens is 1. The van der Waals surface area contributed by atoms with Gasteiger partial charge >= 0.3 is 0 Å². The summed E-state index contributed by atoms with van der Waals surface area (Å²) in [7, 11) is -0.905. The maximum Gasteiger partial charge on any atom is 0.267 e. The first-order valence-corrected chi connectivity index (χ1v) is 16.0. The highest BCUT2D eigenvalue weighted by Crippen LogP contribution is 2.42. The predicted octanol–water partition coefficient (Wildman–Crippen LogP) is 5.90. The number of anilines is 3. The van der Waals surface area contributed by atoms with Crippen molar-refractivity contribution in [1.82, 2.24) is 4.31 Å². The van der Waals surface area contributed by atoms with E-state index in [2.05, 4.69) is 5.32 Å². The molecule has 0 spiro atoms. The summed E-state index contributed by atoms with van der Waals surface area (Å²) in [5, 5.41) is 3.06. The summed E-state index contributed by atoms with van der Waals surface area (Å²) in [6.07, 6.45) is 2.59. The second-order valence-corrected chi connectivity index (χ2v) is 13.6. The number of methoxy groups -OCH3 is 2. The highest BCUT2D eigenvalue weighted by molar-refractivity contribution is 7.89. The van der Waals surface area contributed by atoms with Crippen molar-refractivity contribution in [2.45, 2.75) is 50.1 Å². The molecule has 3 atom stereocenters. The third kappa shape index (κ3) is 6.14. The number of amides is 1. The maximum atomic E-state index is 13.5. The van der Waals surface area contributed by atoms with Gasteiger partial charge in [0.1, 0.15) is 5.00 Å². The Labute approximate surface area is 245 Å². The summed E-state index contributed by atoms with van der Waals surface area (Å²) < 4.78 is 63.0. The van der Waals surface area contributed by atoms with Crippen molar-refractivity contribution in [2.75, 3.05) is 23.8 Å². The van der Waals surface area contributed by atoms with E-state index < -0.39 is 27.2 Å². The molecule has 40 heavy (non-hydrogen) atoms. The summed E-state index contributed by atoms with van der Waals surface area (Å²) >= 11 is 4.55. The lowest BCUT2D eigenvalue weighted by molar-refractivity contribution is 0.102. The third-order valence-corrected chi connectivity index (χ3v) is 10.9. The molecule has 1 amide bonds. The van der Waals surface area contributed by atoms with Crippen LogP contribution in [-0.2, 0) is 21.3 Å². The highest BCUT2D eigenvalue weighted by Gasteiger charge is 2.35. The molecule has 3 unspecified atom stereocenters. The van der Waals surface area contributed by atoms with Crippen molar-refractivity contribution >= 4 is 66.5 Å². The molecule has 0 saturated carbocycles. The van der Waals surface area contributed by atoms with E-state index in [4.69, 9.17) is 21.1 Å². The average Bonchev–Trinajstić information content (AvgIpc) is 3.33. The van der Waals surface area contributed by atoms with Gasteiger partial charge in [-0.1, -0.05) is 18.0 Å². The van der Waals surface area contributed by atoms with Crippen LogP contribution in [0.25, 0.3) is 0 Å². The summed E-state index contributed by atoms with van der Waals surface area (Å²) in [5.41, 5.74) is 0.416. The number of carbonyl (C=O) groups is 1. The van der Waals surface area contributed by atoms with Gasteiger partial charge in [-0.15, -0.1) is 11.3 Å². The molecule has 14 heteroatoms. The fourth-order valence-corrected chi connectivity index (χ4v) is 8.49. The van der Waals surface area contributed by atoms with Crippen LogP contribution in [0.1, 0.15) is 43.5 Å². The predicted molar refractivity (Wildman–Crippen MR) is 158 cm³/mol. The Balaban J connectivity index is 1.68. The summed E-state index contributed by atoms with van der Waals surface area (Å²) in [4.78, 5) is 13.7. The molecule has 216 valence electrons. The molecule has 2 heterocycles. The van der Waals surface area contributed by atoms with Crippen LogP contribution in [0.15, 0.2) is 53.4 Å². The number of thiophene rings is 1. The molecule has 0 bridgehead atoms. The zero-order valence-corrected chi connectivity index (χ0v) is 25.5. The smallest absolute Gasteiger partial charge is 0.267 e. The first kappa shape index (κ1) is 30.3. The van der Waals surface area contributed by atoms with Crippen molar-refractivity contribution in [3.63, 3.8) is 0 Å². The van der Waals surface area contributed by atoms with E-state index in [-0.39, 0.29) is 39.7 Å². The maximum absolute atomic E-state index is 13.5. The van der Waals surface area contributed by atoms with Crippen LogP contribution < -0.4 is 19.1 Å². The lowest BCUT2D eigenvalue weighted by Crippen LogP contribution is -2.47. The molecular weight excluding hydrogens is 598 g/mol. The number of rotatable bonds is 9. The van der Waals surface area contributed by atoms with Crippen molar-refractivity contribution < 1.29 is 31.4 Å². The summed E-state index contributed by atoms with van der Waals surface area (Å²) in [6, 6.07) is 11.7. The number of benzene rings is 2. The molecule has 10 nitrogen and oxygen atoms in total. The van der Waals surface area contributed by atoms with Crippen LogP contribution in [0.5, 0.6) is 11.5 Å². The second-order valence-electron chi connectivity index (χ2n) is 9.27. The Morgan fingerprint density at radius 3 is 2.20 bits per heavy atom. The van der Waals surface area contributed by atoms with Crippen molar-refractivity contribution in [2.24, 2.45) is 0 Å². The SMILES string of the molecule is COc1cc(C(=O)Nc2ccc(S(=O)(=O)N3C(C)CCCC3C)cc2)c(N(c2ccc(Cl)s2)S(=O)O)cc1OC. The van der Waals surface area contributed by atoms with E-state index in [0.717, 1.165) is 34.9 Å². The van der Waals surface area contributed by atoms with Gasteiger partial charge < -0.3 is 14.8 Å². The summed E-state index contributed by atoms with van der Waals surface area (Å²) in [6.45, 7) is 3.82. The first-order chi connectivity index (χ1) is 19.0. The quantitative estimate of drug-likeness (QED) is 0.283. The number of hydrogen-bond donors (Lipinski definition) is 2. The monoisotopic (exact) mass is 627 g/mol. The van der Waals surface area contributed by atoms with Gasteiger partial charge in [0.05, 0.1) is 34.7 Å². The number of nitrogens with one attached hydrogen (secondary N) is 1. The molecular formula is C26H30ClN3O7S3. The van der Waals surface area contributed by atoms with Gasteiger partial charge in [-0.2, -0.15) is 4.31 Å². The van der Waals surface area contributed by atoms with E-state index in [1.807, 2.05) is 13.8 Å². The number of nitrogens with zero attached hydrogens (tertiary/aromatic N) is 2. The number of ether oxygens (including phenoxy) is 2. The minimum absolute atomic E-state index is 0.0113. The highest BCUT2D eigenvalue weighted by atomic mass is 35.5. The van der Waals surface area contributed by atoms with Crippen LogP contribution in [0, 0.1) is 0 Å². The van der Waals surface area contributed by atoms with E-state index in [0.29, 0.717) is 15.0 Å². The normalized spacial score (nSPS) is 18.6. The molecule has 2 aromatic carbocycles. The molecule has 1 fully saturated rings. The lowest BCUT2D eigenvalue weighted by atomic mass is 10.0. The van der Waals surface area contributed by atoms with Crippen molar-refractivity contribution in [3.8, 4) is 11.5 Å². The fraction of sp³-hybridized carbons (Fsp3) is 0.346. The molecule has 2 N–H and O–H groups in total. The van der Waals surface area contributed by atoms with E-state index in [9.17, 15) is 22.0 Å². The van der Waals surface area contributed by atoms with E-state index in [1.165, 1.54) is 50.6 Å². The molecule has 0 radical (unpaired) electrons. The number of hydrogen-bond acceptors (Lipinski definition) is 7. The Hall–Kier alpha value is -2.68. The molecule has 3 aromatic rings. The van der Waals surface area contributed by atoms with E-state index in [1.54, 1.807) is 16.4 Å². The van der Waals surface area contributed by atoms with Crippen molar-refractivity contribution in [3.05, 3.63) is 58.4 Å². The van der Waals surface area contributed by atoms with Crippen LogP contribution in [0.3, 0.4) is 0 Å². The molecule has 0 aliphatic carbocycles. The third-order valence-electron chi connectivity index (χ3n) is 6.68. The molecule has 1 aliphatic heterocycles. The standard InChI is InChI=1S/C26H30ClN3O7S3/c1-16-6-5-7-17(2)30(16)40(34,35)19-10-8-18(9-11-19)28-26(31)20-14-22(36-3)23(37-4)15-21(20)29(39(32)33)25-13-12-24(27)38-25/h8-17H,5-7H2,1-4H3,(H,28,31)(H,32,33). The topological polar surface area (TPSA) is 125 Å². The zero-order valence-electron chi connectivity index (χ0n) is 22.3. The van der Waals surface area contributed by atoms with Crippen LogP contribution in [0.4, 0.5) is 16.4 Å². The van der Waals surface area contributed by atoms with Gasteiger partial charge in [0, 0.05) is 23.8 Å². The van der Waals surface area contributed by atoms with Crippen LogP contribution in [-0.4, -0.2) is 53.7 Å². The number of sulfonamides is 1. The number of carbonyl (C=O) groups excluding carboxylic acids is 1. The Kier molecular flexibility index (Phi) is 9.43. The fourth-order valence-electron chi connectivity index (χ4n) is 4.81. The molecule has 1 aliphatic rings. The van der Waals surface area contributed by atoms with Gasteiger partial charge in [0.2, 0.25) is 10.0 Å². The van der Waals surface area contributed by atoms with Gasteiger partial charge in [0.25, 0.3) is 17.2 Å². The van der Waals surface area contributed by atoms with Gasteiger partial charge in [-0.05, 0) is 69.2 Å². The van der Waals surface area contributed by atoms with E-state index >= 15 is 0 Å². The molecule has 4 rings (SSSR count). The Morgan fingerprint density at radius 2 is 1.68 bits per heavy atom. The van der Waals surface area contributed by atoms with Gasteiger partial charge in [0.15, 0.2) is 11.5 Å². The minimum Gasteiger partial charge on any atom is -0.493 e. The molecule has 1 saturated heterocycles. The zero-order chi connectivity index (χ0) is 29.2. The average molecular weight is 628 g/mol. The Morgan fingerprint density at radius 1 is 1.07 bits per heavy atom. The van der Waals surface area contributed by atoms with Crippen LogP contribution >= 0.6 is 22.9 Å². The molecule has 1 aromatic heterocycles. The number of piperidine rings is 1. The summed E-state index contributed by atoms with van der Waals surface area (Å²) in [5.74, 6) is -0.152.